The van der Waals surface area contributed by atoms with E-state index in [0.717, 1.165) is 24.0 Å². The molecule has 3 heterocycles. The van der Waals surface area contributed by atoms with Gasteiger partial charge in [-0.2, -0.15) is 11.8 Å². The van der Waals surface area contributed by atoms with Crippen molar-refractivity contribution in [3.8, 4) is 0 Å². The summed E-state index contributed by atoms with van der Waals surface area (Å²) in [6.45, 7) is 3.13. The molecule has 2 fully saturated rings. The smallest absolute Gasteiger partial charge is 0.223 e. The zero-order valence-electron chi connectivity index (χ0n) is 10.0. The molecule has 0 aromatic carbocycles. The number of carbonyl (C=O) groups is 1. The van der Waals surface area contributed by atoms with E-state index in [1.54, 1.807) is 11.3 Å². The Balaban J connectivity index is 1.56. The van der Waals surface area contributed by atoms with Crippen LogP contribution in [0.5, 0.6) is 0 Å². The number of fused-ring (bicyclic) bond motifs is 2. The molecule has 0 radical (unpaired) electrons. The quantitative estimate of drug-likeness (QED) is 0.839. The topological polar surface area (TPSA) is 20.3 Å². The third kappa shape index (κ3) is 2.25. The van der Waals surface area contributed by atoms with Gasteiger partial charge in [0.1, 0.15) is 0 Å². The molecule has 17 heavy (non-hydrogen) atoms. The fourth-order valence-corrected chi connectivity index (χ4v) is 5.07. The van der Waals surface area contributed by atoms with Gasteiger partial charge in [-0.25, -0.2) is 0 Å². The number of likely N-dealkylation sites (tertiary alicyclic amines) is 1. The maximum absolute atomic E-state index is 12.2. The number of hydrogen-bond donors (Lipinski definition) is 0. The Morgan fingerprint density at radius 3 is 3.06 bits per heavy atom. The Hall–Kier alpha value is -0.480. The van der Waals surface area contributed by atoms with Gasteiger partial charge >= 0.3 is 0 Å². The molecule has 0 N–H and O–H groups in total. The van der Waals surface area contributed by atoms with Crippen LogP contribution in [-0.2, 0) is 11.2 Å². The first-order chi connectivity index (χ1) is 8.24. The number of carbonyl (C=O) groups excluding carboxylic acids is 1. The molecule has 2 nitrogen and oxygen atoms in total. The van der Waals surface area contributed by atoms with Crippen molar-refractivity contribution < 1.29 is 4.79 Å². The Kier molecular flexibility index (Phi) is 3.17. The minimum absolute atomic E-state index is 0.366. The minimum atomic E-state index is 0.366. The van der Waals surface area contributed by atoms with Crippen molar-refractivity contribution in [2.75, 3.05) is 12.3 Å². The number of nitrogens with zero attached hydrogens (tertiary/aromatic N) is 1. The zero-order valence-corrected chi connectivity index (χ0v) is 11.6. The zero-order chi connectivity index (χ0) is 11.8. The van der Waals surface area contributed by atoms with Gasteiger partial charge in [-0.1, -0.05) is 0 Å². The molecule has 3 rings (SSSR count). The third-order valence-electron chi connectivity index (χ3n) is 3.75. The van der Waals surface area contributed by atoms with Gasteiger partial charge in [-0.15, -0.1) is 11.3 Å². The van der Waals surface area contributed by atoms with E-state index < -0.39 is 0 Å². The van der Waals surface area contributed by atoms with Crippen LogP contribution in [-0.4, -0.2) is 34.4 Å². The molecule has 0 aliphatic carbocycles. The molecule has 2 bridgehead atoms. The second-order valence-corrected chi connectivity index (χ2v) is 7.25. The second kappa shape index (κ2) is 4.65. The van der Waals surface area contributed by atoms with E-state index in [-0.39, 0.29) is 0 Å². The van der Waals surface area contributed by atoms with E-state index in [0.29, 0.717) is 18.4 Å². The lowest BCUT2D eigenvalue weighted by Crippen LogP contribution is -2.39. The summed E-state index contributed by atoms with van der Waals surface area (Å²) in [6, 6.07) is 2.68. The van der Waals surface area contributed by atoms with Crippen molar-refractivity contribution in [1.82, 2.24) is 4.90 Å². The number of aryl methyl sites for hydroxylation is 2. The van der Waals surface area contributed by atoms with Crippen molar-refractivity contribution in [2.45, 2.75) is 37.5 Å². The summed E-state index contributed by atoms with van der Waals surface area (Å²) >= 11 is 3.81. The van der Waals surface area contributed by atoms with Gasteiger partial charge in [-0.3, -0.25) is 4.79 Å². The molecule has 2 aliphatic heterocycles. The summed E-state index contributed by atoms with van der Waals surface area (Å²) in [5, 5.41) is 2.84. The van der Waals surface area contributed by atoms with Gasteiger partial charge in [0, 0.05) is 34.9 Å². The van der Waals surface area contributed by atoms with Crippen LogP contribution < -0.4 is 0 Å². The highest BCUT2D eigenvalue weighted by Gasteiger charge is 2.40. The van der Waals surface area contributed by atoms with Gasteiger partial charge in [-0.05, 0) is 36.8 Å². The van der Waals surface area contributed by atoms with Gasteiger partial charge < -0.3 is 4.90 Å². The number of amides is 1. The monoisotopic (exact) mass is 267 g/mol. The van der Waals surface area contributed by atoms with Crippen molar-refractivity contribution >= 4 is 29.0 Å². The molecular formula is C13H17NOS2. The predicted octanol–water partition coefficient (Wildman–Crippen LogP) is 2.71. The van der Waals surface area contributed by atoms with Gasteiger partial charge in [0.15, 0.2) is 0 Å². The molecule has 1 aromatic rings. The molecule has 0 spiro atoms. The summed E-state index contributed by atoms with van der Waals surface area (Å²) in [7, 11) is 0. The molecule has 2 saturated heterocycles. The first-order valence-electron chi connectivity index (χ1n) is 6.18. The van der Waals surface area contributed by atoms with Crippen LogP contribution in [0.1, 0.15) is 23.3 Å². The highest BCUT2D eigenvalue weighted by molar-refractivity contribution is 8.00. The van der Waals surface area contributed by atoms with Gasteiger partial charge in [0.05, 0.1) is 0 Å². The highest BCUT2D eigenvalue weighted by Crippen LogP contribution is 2.37. The fourth-order valence-electron chi connectivity index (χ4n) is 2.73. The Labute approximate surface area is 110 Å². The van der Waals surface area contributed by atoms with Crippen LogP contribution in [0.15, 0.2) is 11.4 Å². The lowest BCUT2D eigenvalue weighted by molar-refractivity contribution is -0.131. The molecule has 4 heteroatoms. The van der Waals surface area contributed by atoms with E-state index in [1.165, 1.54) is 16.9 Å². The predicted molar refractivity (Wildman–Crippen MR) is 73.7 cm³/mol. The fraction of sp³-hybridized carbons (Fsp3) is 0.615. The summed E-state index contributed by atoms with van der Waals surface area (Å²) in [5.74, 6) is 1.53. The van der Waals surface area contributed by atoms with E-state index >= 15 is 0 Å². The number of rotatable bonds is 3. The van der Waals surface area contributed by atoms with Crippen LogP contribution in [0, 0.1) is 6.92 Å². The average molecular weight is 267 g/mol. The highest BCUT2D eigenvalue weighted by atomic mass is 32.2. The summed E-state index contributed by atoms with van der Waals surface area (Å²) in [4.78, 5) is 15.7. The normalized spacial score (nSPS) is 26.8. The maximum atomic E-state index is 12.2. The van der Waals surface area contributed by atoms with Crippen LogP contribution in [0.2, 0.25) is 0 Å². The van der Waals surface area contributed by atoms with E-state index in [2.05, 4.69) is 23.3 Å². The summed E-state index contributed by atoms with van der Waals surface area (Å²) in [6.07, 6.45) is 2.84. The first-order valence-corrected chi connectivity index (χ1v) is 8.11. The van der Waals surface area contributed by atoms with E-state index in [1.807, 2.05) is 11.8 Å². The Bertz CT molecular complexity index is 429. The van der Waals surface area contributed by atoms with Crippen LogP contribution in [0.25, 0.3) is 0 Å². The SMILES string of the molecule is Cc1ccsc1CCC(=O)N1CC2CC1CS2. The molecule has 0 saturated carbocycles. The largest absolute Gasteiger partial charge is 0.338 e. The van der Waals surface area contributed by atoms with Crippen molar-refractivity contribution in [3.63, 3.8) is 0 Å². The lowest BCUT2D eigenvalue weighted by Gasteiger charge is -2.26. The third-order valence-corrected chi connectivity index (χ3v) is 6.23. The van der Waals surface area contributed by atoms with Gasteiger partial charge in [0.25, 0.3) is 0 Å². The molecule has 2 atom stereocenters. The Morgan fingerprint density at radius 2 is 2.47 bits per heavy atom. The van der Waals surface area contributed by atoms with Crippen molar-refractivity contribution in [2.24, 2.45) is 0 Å². The molecule has 1 amide bonds. The average Bonchev–Trinajstić information content (AvgIpc) is 3.01. The van der Waals surface area contributed by atoms with Crippen LogP contribution in [0.4, 0.5) is 0 Å². The van der Waals surface area contributed by atoms with E-state index in [9.17, 15) is 4.79 Å². The molecular weight excluding hydrogens is 250 g/mol. The number of thioether (sulfide) groups is 1. The van der Waals surface area contributed by atoms with Crippen molar-refractivity contribution in [1.29, 1.82) is 0 Å². The lowest BCUT2D eigenvalue weighted by atomic mass is 10.2. The van der Waals surface area contributed by atoms with Crippen LogP contribution in [0.3, 0.4) is 0 Å². The molecule has 2 aliphatic rings. The van der Waals surface area contributed by atoms with Gasteiger partial charge in [0.2, 0.25) is 5.91 Å². The maximum Gasteiger partial charge on any atom is 0.223 e. The number of hydrogen-bond acceptors (Lipinski definition) is 3. The summed E-state index contributed by atoms with van der Waals surface area (Å²) in [5.41, 5.74) is 1.33. The molecule has 1 aromatic heterocycles. The number of thiophene rings is 1. The second-order valence-electron chi connectivity index (χ2n) is 4.92. The standard InChI is InChI=1S/C13H17NOS2/c1-9-4-5-16-12(9)2-3-13(15)14-7-11-6-10(14)8-17-11/h4-5,10-11H,2-3,6-8H2,1H3. The molecule has 92 valence electrons. The van der Waals surface area contributed by atoms with E-state index in [4.69, 9.17) is 0 Å². The minimum Gasteiger partial charge on any atom is -0.338 e. The summed E-state index contributed by atoms with van der Waals surface area (Å²) < 4.78 is 0. The molecule has 2 unspecified atom stereocenters. The van der Waals surface area contributed by atoms with Crippen molar-refractivity contribution in [3.05, 3.63) is 21.9 Å². The Morgan fingerprint density at radius 1 is 1.59 bits per heavy atom. The first kappa shape index (κ1) is 11.6. The van der Waals surface area contributed by atoms with Crippen LogP contribution >= 0.6 is 23.1 Å².